The summed E-state index contributed by atoms with van der Waals surface area (Å²) in [6.45, 7) is 3.82. The fourth-order valence-corrected chi connectivity index (χ4v) is 4.56. The lowest BCUT2D eigenvalue weighted by atomic mass is 10.1. The van der Waals surface area contributed by atoms with Crippen LogP contribution >= 0.6 is 35.0 Å². The van der Waals surface area contributed by atoms with Gasteiger partial charge < -0.3 is 5.32 Å². The smallest absolute Gasteiger partial charge is 0.237 e. The third-order valence-corrected chi connectivity index (χ3v) is 6.70. The molecule has 1 heterocycles. The Bertz CT molecular complexity index is 1310. The van der Waals surface area contributed by atoms with Crippen LogP contribution in [0.5, 0.6) is 0 Å². The molecule has 1 atom stereocenters. The van der Waals surface area contributed by atoms with Crippen molar-refractivity contribution in [1.29, 1.82) is 0 Å². The Balaban J connectivity index is 1.66. The minimum Gasteiger partial charge on any atom is -0.324 e. The maximum absolute atomic E-state index is 13.3. The molecule has 0 unspecified atom stereocenters. The van der Waals surface area contributed by atoms with Crippen LogP contribution in [0, 0.1) is 12.7 Å². The topological polar surface area (TPSA) is 46.9 Å². The van der Waals surface area contributed by atoms with E-state index in [2.05, 4.69) is 10.3 Å². The Labute approximate surface area is 205 Å². The van der Waals surface area contributed by atoms with E-state index in [1.54, 1.807) is 13.1 Å². The second-order valence-corrected chi connectivity index (χ2v) is 9.58. The van der Waals surface area contributed by atoms with Crippen molar-refractivity contribution in [3.8, 4) is 16.9 Å². The van der Waals surface area contributed by atoms with Crippen molar-refractivity contribution in [3.63, 3.8) is 0 Å². The van der Waals surface area contributed by atoms with E-state index in [9.17, 15) is 9.18 Å². The fraction of sp³-hybridized carbons (Fsp3) is 0.120. The number of imidazole rings is 1. The Hall–Kier alpha value is -2.80. The fourth-order valence-electron chi connectivity index (χ4n) is 3.33. The monoisotopic (exact) mass is 499 g/mol. The van der Waals surface area contributed by atoms with Gasteiger partial charge in [0.2, 0.25) is 5.91 Å². The summed E-state index contributed by atoms with van der Waals surface area (Å²) in [6.07, 6.45) is 1.79. The van der Waals surface area contributed by atoms with Gasteiger partial charge in [-0.1, -0.05) is 65.3 Å². The largest absolute Gasteiger partial charge is 0.324 e. The highest BCUT2D eigenvalue weighted by molar-refractivity contribution is 8.00. The highest BCUT2D eigenvalue weighted by Crippen LogP contribution is 2.34. The lowest BCUT2D eigenvalue weighted by molar-refractivity contribution is -0.115. The van der Waals surface area contributed by atoms with Crippen LogP contribution in [0.25, 0.3) is 16.9 Å². The molecule has 0 radical (unpaired) electrons. The number of aromatic nitrogens is 2. The van der Waals surface area contributed by atoms with Crippen molar-refractivity contribution in [2.45, 2.75) is 24.3 Å². The minimum absolute atomic E-state index is 0.145. The zero-order valence-corrected chi connectivity index (χ0v) is 20.2. The number of nitrogens with one attached hydrogen (secondary N) is 1. The van der Waals surface area contributed by atoms with Crippen LogP contribution in [0.4, 0.5) is 10.1 Å². The summed E-state index contributed by atoms with van der Waals surface area (Å²) in [5, 5.41) is 3.74. The van der Waals surface area contributed by atoms with E-state index in [4.69, 9.17) is 23.2 Å². The number of carbonyl (C=O) groups excluding carboxylic acids is 1. The van der Waals surface area contributed by atoms with Crippen LogP contribution in [-0.4, -0.2) is 20.7 Å². The molecule has 3 aromatic carbocycles. The number of nitrogens with zero attached hydrogens (tertiary/aromatic N) is 2. The SMILES string of the molecule is Cc1ccccc1-n1c(-c2ccc(Cl)cc2)cnc1S[C@@H](C)C(=O)Nc1ccc(F)cc1Cl. The normalized spacial score (nSPS) is 11.9. The van der Waals surface area contributed by atoms with Gasteiger partial charge in [0.25, 0.3) is 0 Å². The average molecular weight is 500 g/mol. The molecule has 4 nitrogen and oxygen atoms in total. The molecule has 1 N–H and O–H groups in total. The van der Waals surface area contributed by atoms with Crippen molar-refractivity contribution in [1.82, 2.24) is 9.55 Å². The number of hydrogen-bond acceptors (Lipinski definition) is 3. The van der Waals surface area contributed by atoms with Gasteiger partial charge >= 0.3 is 0 Å². The lowest BCUT2D eigenvalue weighted by Crippen LogP contribution is -2.23. The van der Waals surface area contributed by atoms with Gasteiger partial charge in [-0.05, 0) is 55.8 Å². The molecule has 0 aliphatic carbocycles. The Kier molecular flexibility index (Phi) is 7.08. The zero-order valence-electron chi connectivity index (χ0n) is 17.9. The molecule has 0 saturated carbocycles. The number of thioether (sulfide) groups is 1. The van der Waals surface area contributed by atoms with Crippen LogP contribution in [0.2, 0.25) is 10.0 Å². The van der Waals surface area contributed by atoms with Crippen molar-refractivity contribution in [3.05, 3.63) is 94.4 Å². The van der Waals surface area contributed by atoms with Crippen LogP contribution < -0.4 is 5.32 Å². The van der Waals surface area contributed by atoms with Crippen molar-refractivity contribution in [2.24, 2.45) is 0 Å². The predicted octanol–water partition coefficient (Wildman–Crippen LogP) is 7.41. The number of halogens is 3. The van der Waals surface area contributed by atoms with Gasteiger partial charge in [0.15, 0.2) is 5.16 Å². The van der Waals surface area contributed by atoms with E-state index in [-0.39, 0.29) is 10.9 Å². The molecule has 1 aromatic heterocycles. The number of rotatable bonds is 6. The molecule has 4 aromatic rings. The highest BCUT2D eigenvalue weighted by atomic mass is 35.5. The molecular formula is C25H20Cl2FN3OS. The van der Waals surface area contributed by atoms with E-state index in [0.717, 1.165) is 28.6 Å². The predicted molar refractivity (Wildman–Crippen MR) is 134 cm³/mol. The Morgan fingerprint density at radius 1 is 1.09 bits per heavy atom. The molecule has 4 rings (SSSR count). The van der Waals surface area contributed by atoms with E-state index < -0.39 is 11.1 Å². The Morgan fingerprint density at radius 3 is 2.52 bits per heavy atom. The highest BCUT2D eigenvalue weighted by Gasteiger charge is 2.22. The van der Waals surface area contributed by atoms with E-state index in [0.29, 0.717) is 15.9 Å². The summed E-state index contributed by atoms with van der Waals surface area (Å²) >= 11 is 13.5. The maximum atomic E-state index is 13.3. The molecule has 0 aliphatic rings. The second kappa shape index (κ2) is 10.00. The summed E-state index contributed by atoms with van der Waals surface area (Å²) in [5.41, 5.74) is 4.24. The summed E-state index contributed by atoms with van der Waals surface area (Å²) in [6, 6.07) is 19.4. The Morgan fingerprint density at radius 2 is 1.82 bits per heavy atom. The molecular weight excluding hydrogens is 480 g/mol. The molecule has 1 amide bonds. The molecule has 0 saturated heterocycles. The first-order chi connectivity index (χ1) is 15.8. The number of hydrogen-bond donors (Lipinski definition) is 1. The van der Waals surface area contributed by atoms with Gasteiger partial charge in [0.1, 0.15) is 5.82 Å². The van der Waals surface area contributed by atoms with Gasteiger partial charge in [-0.3, -0.25) is 9.36 Å². The van der Waals surface area contributed by atoms with E-state index in [1.165, 1.54) is 23.9 Å². The first-order valence-corrected chi connectivity index (χ1v) is 11.8. The minimum atomic E-state index is -0.491. The van der Waals surface area contributed by atoms with Gasteiger partial charge in [-0.2, -0.15) is 0 Å². The van der Waals surface area contributed by atoms with Crippen molar-refractivity contribution < 1.29 is 9.18 Å². The molecule has 33 heavy (non-hydrogen) atoms. The van der Waals surface area contributed by atoms with Crippen molar-refractivity contribution in [2.75, 3.05) is 5.32 Å². The first kappa shape index (κ1) is 23.4. The number of para-hydroxylation sites is 1. The number of benzene rings is 3. The quantitative estimate of drug-likeness (QED) is 0.281. The zero-order chi connectivity index (χ0) is 23.5. The molecule has 0 bridgehead atoms. The number of anilines is 1. The van der Waals surface area contributed by atoms with Gasteiger partial charge in [0.05, 0.1) is 33.5 Å². The van der Waals surface area contributed by atoms with Crippen molar-refractivity contribution >= 4 is 46.6 Å². The van der Waals surface area contributed by atoms with E-state index in [1.807, 2.05) is 60.0 Å². The van der Waals surface area contributed by atoms with Gasteiger partial charge in [-0.15, -0.1) is 0 Å². The number of aryl methyl sites for hydroxylation is 1. The van der Waals surface area contributed by atoms with Crippen LogP contribution in [-0.2, 0) is 4.79 Å². The third-order valence-electron chi connectivity index (χ3n) is 5.07. The van der Waals surface area contributed by atoms with Crippen LogP contribution in [0.3, 0.4) is 0 Å². The second-order valence-electron chi connectivity index (χ2n) is 7.43. The summed E-state index contributed by atoms with van der Waals surface area (Å²) in [5.74, 6) is -0.726. The average Bonchev–Trinajstić information content (AvgIpc) is 3.19. The van der Waals surface area contributed by atoms with Crippen LogP contribution in [0.1, 0.15) is 12.5 Å². The number of amides is 1. The summed E-state index contributed by atoms with van der Waals surface area (Å²) < 4.78 is 15.4. The third kappa shape index (κ3) is 5.24. The summed E-state index contributed by atoms with van der Waals surface area (Å²) in [7, 11) is 0. The van der Waals surface area contributed by atoms with Gasteiger partial charge in [0, 0.05) is 10.6 Å². The first-order valence-electron chi connectivity index (χ1n) is 10.2. The maximum Gasteiger partial charge on any atom is 0.237 e. The molecule has 8 heteroatoms. The molecule has 0 spiro atoms. The van der Waals surface area contributed by atoms with E-state index >= 15 is 0 Å². The molecule has 168 valence electrons. The molecule has 0 aliphatic heterocycles. The lowest BCUT2D eigenvalue weighted by Gasteiger charge is -2.17. The standard InChI is InChI=1S/C25H20Cl2FN3OS/c1-15-5-3-4-6-22(15)31-23(17-7-9-18(26)10-8-17)14-29-25(31)33-16(2)24(32)30-21-12-11-19(28)13-20(21)27/h3-14,16H,1-2H3,(H,30,32)/t16-/m0/s1. The molecule has 0 fully saturated rings. The number of carbonyl (C=O) groups is 1. The van der Waals surface area contributed by atoms with Gasteiger partial charge in [-0.25, -0.2) is 9.37 Å². The summed E-state index contributed by atoms with van der Waals surface area (Å²) in [4.78, 5) is 17.5. The van der Waals surface area contributed by atoms with Crippen LogP contribution in [0.15, 0.2) is 78.1 Å².